The molecule has 0 aliphatic carbocycles. The van der Waals surface area contributed by atoms with Crippen LogP contribution in [0.3, 0.4) is 0 Å². The van der Waals surface area contributed by atoms with Gasteiger partial charge in [-0.1, -0.05) is 18.2 Å². The Kier molecular flexibility index (Phi) is 7.65. The molecule has 0 bridgehead atoms. The van der Waals surface area contributed by atoms with Gasteiger partial charge < -0.3 is 15.0 Å². The van der Waals surface area contributed by atoms with Crippen LogP contribution in [0.5, 0.6) is 5.75 Å². The first kappa shape index (κ1) is 22.3. The number of hydrogen-bond acceptors (Lipinski definition) is 4. The number of benzene rings is 2. The molecule has 1 aromatic heterocycles. The number of carbonyl (C=O) groups excluding carboxylic acids is 1. The summed E-state index contributed by atoms with van der Waals surface area (Å²) in [5.41, 5.74) is 6.06. The van der Waals surface area contributed by atoms with Crippen molar-refractivity contribution < 1.29 is 9.53 Å². The van der Waals surface area contributed by atoms with Gasteiger partial charge in [-0.25, -0.2) is 0 Å². The van der Waals surface area contributed by atoms with Crippen molar-refractivity contribution in [2.45, 2.75) is 33.3 Å². The molecule has 2 aromatic carbocycles. The van der Waals surface area contributed by atoms with Crippen LogP contribution in [0, 0.1) is 13.8 Å². The average Bonchev–Trinajstić information content (AvgIpc) is 2.77. The first-order chi connectivity index (χ1) is 14.9. The highest BCUT2D eigenvalue weighted by Crippen LogP contribution is 2.26. The van der Waals surface area contributed by atoms with Gasteiger partial charge >= 0.3 is 0 Å². The molecule has 0 unspecified atom stereocenters. The number of amides is 1. The quantitative estimate of drug-likeness (QED) is 0.513. The Morgan fingerprint density at radius 2 is 1.74 bits per heavy atom. The molecule has 31 heavy (non-hydrogen) atoms. The van der Waals surface area contributed by atoms with Crippen molar-refractivity contribution in [3.05, 3.63) is 88.7 Å². The number of aryl methyl sites for hydroxylation is 3. The van der Waals surface area contributed by atoms with Crippen molar-refractivity contribution in [1.29, 1.82) is 0 Å². The number of ether oxygens (including phenoxy) is 1. The van der Waals surface area contributed by atoms with Crippen LogP contribution in [-0.2, 0) is 13.0 Å². The SMILES string of the molecule is Cc1cc(C(=O)NCCCc2ccc(N(C)C)cc2)cc(C)c1OCc1cccnc1. The molecule has 0 spiro atoms. The third-order valence-electron chi connectivity index (χ3n) is 5.21. The van der Waals surface area contributed by atoms with Crippen molar-refractivity contribution in [2.24, 2.45) is 0 Å². The first-order valence-corrected chi connectivity index (χ1v) is 10.6. The molecular formula is C26H31N3O2. The number of aromatic nitrogens is 1. The first-order valence-electron chi connectivity index (χ1n) is 10.6. The highest BCUT2D eigenvalue weighted by molar-refractivity contribution is 5.94. The number of carbonyl (C=O) groups is 1. The van der Waals surface area contributed by atoms with E-state index in [1.807, 2.05) is 52.2 Å². The van der Waals surface area contributed by atoms with Crippen molar-refractivity contribution in [3.63, 3.8) is 0 Å². The standard InChI is InChI=1S/C26H31N3O2/c1-19-15-23(16-20(2)25(19)31-18-22-8-5-13-27-17-22)26(30)28-14-6-7-21-9-11-24(12-10-21)29(3)4/h5,8-13,15-17H,6-7,14,18H2,1-4H3,(H,28,30). The maximum Gasteiger partial charge on any atom is 0.251 e. The molecule has 5 heteroatoms. The fourth-order valence-corrected chi connectivity index (χ4v) is 3.51. The van der Waals surface area contributed by atoms with Gasteiger partial charge in [-0.05, 0) is 73.7 Å². The highest BCUT2D eigenvalue weighted by Gasteiger charge is 2.12. The Morgan fingerprint density at radius 3 is 2.35 bits per heavy atom. The Labute approximate surface area is 185 Å². The molecule has 0 atom stereocenters. The van der Waals surface area contributed by atoms with E-state index < -0.39 is 0 Å². The summed E-state index contributed by atoms with van der Waals surface area (Å²) in [5.74, 6) is 0.773. The Morgan fingerprint density at radius 1 is 1.03 bits per heavy atom. The lowest BCUT2D eigenvalue weighted by molar-refractivity contribution is 0.0953. The maximum atomic E-state index is 12.6. The van der Waals surface area contributed by atoms with E-state index in [1.54, 1.807) is 12.4 Å². The Hall–Kier alpha value is -3.34. The lowest BCUT2D eigenvalue weighted by Gasteiger charge is -2.14. The van der Waals surface area contributed by atoms with Gasteiger partial charge in [-0.2, -0.15) is 0 Å². The number of rotatable bonds is 9. The van der Waals surface area contributed by atoms with Crippen molar-refractivity contribution in [3.8, 4) is 5.75 Å². The van der Waals surface area contributed by atoms with E-state index in [4.69, 9.17) is 4.74 Å². The van der Waals surface area contributed by atoms with E-state index in [2.05, 4.69) is 39.5 Å². The Bertz CT molecular complexity index is 976. The highest BCUT2D eigenvalue weighted by atomic mass is 16.5. The molecule has 1 N–H and O–H groups in total. The number of hydrogen-bond donors (Lipinski definition) is 1. The van der Waals surface area contributed by atoms with E-state index in [1.165, 1.54) is 11.3 Å². The molecule has 0 saturated heterocycles. The van der Waals surface area contributed by atoms with Crippen LogP contribution in [0.4, 0.5) is 5.69 Å². The van der Waals surface area contributed by atoms with Crippen LogP contribution in [0.15, 0.2) is 60.9 Å². The molecule has 1 amide bonds. The lowest BCUT2D eigenvalue weighted by Crippen LogP contribution is -2.25. The van der Waals surface area contributed by atoms with Gasteiger partial charge in [0, 0.05) is 49.8 Å². The second-order valence-electron chi connectivity index (χ2n) is 8.01. The summed E-state index contributed by atoms with van der Waals surface area (Å²) >= 11 is 0. The van der Waals surface area contributed by atoms with E-state index in [9.17, 15) is 4.79 Å². The van der Waals surface area contributed by atoms with Crippen LogP contribution >= 0.6 is 0 Å². The Balaban J connectivity index is 1.50. The van der Waals surface area contributed by atoms with Crippen LogP contribution in [0.25, 0.3) is 0 Å². The second-order valence-corrected chi connectivity index (χ2v) is 8.01. The van der Waals surface area contributed by atoms with Crippen LogP contribution in [-0.4, -0.2) is 31.5 Å². The minimum absolute atomic E-state index is 0.0482. The summed E-state index contributed by atoms with van der Waals surface area (Å²) in [6.45, 7) is 5.04. The van der Waals surface area contributed by atoms with Crippen LogP contribution in [0.1, 0.15) is 39.0 Å². The smallest absolute Gasteiger partial charge is 0.251 e. The van der Waals surface area contributed by atoms with Gasteiger partial charge in [0.1, 0.15) is 12.4 Å². The summed E-state index contributed by atoms with van der Waals surface area (Å²) < 4.78 is 5.98. The largest absolute Gasteiger partial charge is 0.488 e. The zero-order chi connectivity index (χ0) is 22.2. The molecule has 1 heterocycles. The monoisotopic (exact) mass is 417 g/mol. The zero-order valence-corrected chi connectivity index (χ0v) is 18.8. The molecule has 3 rings (SSSR count). The third-order valence-corrected chi connectivity index (χ3v) is 5.21. The van der Waals surface area contributed by atoms with Crippen molar-refractivity contribution in [1.82, 2.24) is 10.3 Å². The van der Waals surface area contributed by atoms with Gasteiger partial charge in [0.25, 0.3) is 5.91 Å². The van der Waals surface area contributed by atoms with E-state index in [0.717, 1.165) is 35.3 Å². The molecule has 162 valence electrons. The number of anilines is 1. The second kappa shape index (κ2) is 10.6. The summed E-state index contributed by atoms with van der Waals surface area (Å²) in [6, 6.07) is 16.2. The fourth-order valence-electron chi connectivity index (χ4n) is 3.51. The average molecular weight is 418 g/mol. The molecule has 0 aliphatic heterocycles. The minimum Gasteiger partial charge on any atom is -0.488 e. The van der Waals surface area contributed by atoms with Crippen molar-refractivity contribution in [2.75, 3.05) is 25.5 Å². The summed E-state index contributed by atoms with van der Waals surface area (Å²) in [4.78, 5) is 18.8. The van der Waals surface area contributed by atoms with Gasteiger partial charge in [0.15, 0.2) is 0 Å². The number of nitrogens with one attached hydrogen (secondary N) is 1. The predicted molar refractivity (Wildman–Crippen MR) is 126 cm³/mol. The van der Waals surface area contributed by atoms with Crippen LogP contribution < -0.4 is 15.0 Å². The molecular weight excluding hydrogens is 386 g/mol. The van der Waals surface area contributed by atoms with Gasteiger partial charge in [-0.15, -0.1) is 0 Å². The number of pyridine rings is 1. The molecule has 0 saturated carbocycles. The van der Waals surface area contributed by atoms with Gasteiger partial charge in [0.05, 0.1) is 0 Å². The van der Waals surface area contributed by atoms with Gasteiger partial charge in [0.2, 0.25) is 0 Å². The van der Waals surface area contributed by atoms with Crippen molar-refractivity contribution >= 4 is 11.6 Å². The summed E-state index contributed by atoms with van der Waals surface area (Å²) in [6.07, 6.45) is 5.38. The topological polar surface area (TPSA) is 54.5 Å². The van der Waals surface area contributed by atoms with E-state index in [0.29, 0.717) is 18.7 Å². The zero-order valence-electron chi connectivity index (χ0n) is 18.8. The summed E-state index contributed by atoms with van der Waals surface area (Å²) in [5, 5.41) is 3.03. The number of nitrogens with zero attached hydrogens (tertiary/aromatic N) is 2. The van der Waals surface area contributed by atoms with Gasteiger partial charge in [-0.3, -0.25) is 9.78 Å². The van der Waals surface area contributed by atoms with E-state index in [-0.39, 0.29) is 5.91 Å². The molecule has 0 aliphatic rings. The maximum absolute atomic E-state index is 12.6. The minimum atomic E-state index is -0.0482. The molecule has 5 nitrogen and oxygen atoms in total. The van der Waals surface area contributed by atoms with Crippen LogP contribution in [0.2, 0.25) is 0 Å². The molecule has 0 radical (unpaired) electrons. The predicted octanol–water partition coefficient (Wildman–Crippen LogP) is 4.71. The lowest BCUT2D eigenvalue weighted by atomic mass is 10.0. The van der Waals surface area contributed by atoms with E-state index >= 15 is 0 Å². The fraction of sp³-hybridized carbons (Fsp3) is 0.308. The molecule has 0 fully saturated rings. The third kappa shape index (κ3) is 6.32. The normalized spacial score (nSPS) is 10.6. The molecule has 3 aromatic rings. The summed E-state index contributed by atoms with van der Waals surface area (Å²) in [7, 11) is 4.07.